The highest BCUT2D eigenvalue weighted by Crippen LogP contribution is 2.40. The standard InChI is InChI=1S/C22H19N/c1-23-21-9-5-4-8-17(21)12-20-13-18-10-15-6-2-3-7-16(15)11-19(18)14-22(20)23/h2-9,13-14H,10-12H2,1H3. The minimum Gasteiger partial charge on any atom is -0.344 e. The zero-order valence-corrected chi connectivity index (χ0v) is 13.3. The summed E-state index contributed by atoms with van der Waals surface area (Å²) < 4.78 is 0. The van der Waals surface area contributed by atoms with Gasteiger partial charge in [0.2, 0.25) is 0 Å². The summed E-state index contributed by atoms with van der Waals surface area (Å²) in [5.41, 5.74) is 11.6. The van der Waals surface area contributed by atoms with E-state index in [0.717, 1.165) is 19.3 Å². The second kappa shape index (κ2) is 4.73. The quantitative estimate of drug-likeness (QED) is 0.448. The maximum atomic E-state index is 2.45. The van der Waals surface area contributed by atoms with E-state index in [0.29, 0.717) is 0 Å². The van der Waals surface area contributed by atoms with Gasteiger partial charge >= 0.3 is 0 Å². The maximum Gasteiger partial charge on any atom is 0.0447 e. The van der Waals surface area contributed by atoms with E-state index in [1.165, 1.54) is 44.8 Å². The van der Waals surface area contributed by atoms with Gasteiger partial charge in [0.15, 0.2) is 0 Å². The van der Waals surface area contributed by atoms with Crippen LogP contribution in [0.5, 0.6) is 0 Å². The van der Waals surface area contributed by atoms with Crippen LogP contribution in [0, 0.1) is 0 Å². The summed E-state index contributed by atoms with van der Waals surface area (Å²) in [6, 6.07) is 22.5. The molecule has 23 heavy (non-hydrogen) atoms. The molecule has 0 amide bonds. The highest BCUT2D eigenvalue weighted by atomic mass is 15.1. The lowest BCUT2D eigenvalue weighted by Gasteiger charge is -2.32. The van der Waals surface area contributed by atoms with Crippen molar-refractivity contribution < 1.29 is 0 Å². The third-order valence-corrected chi connectivity index (χ3v) is 5.38. The molecule has 112 valence electrons. The van der Waals surface area contributed by atoms with Crippen molar-refractivity contribution in [2.75, 3.05) is 11.9 Å². The van der Waals surface area contributed by atoms with E-state index >= 15 is 0 Å². The minimum atomic E-state index is 1.05. The Labute approximate surface area is 137 Å². The molecule has 1 nitrogen and oxygen atoms in total. The van der Waals surface area contributed by atoms with Gasteiger partial charge < -0.3 is 4.90 Å². The first-order chi connectivity index (χ1) is 11.3. The molecule has 1 heterocycles. The zero-order chi connectivity index (χ0) is 15.4. The topological polar surface area (TPSA) is 3.24 Å². The fourth-order valence-electron chi connectivity index (χ4n) is 4.15. The van der Waals surface area contributed by atoms with Crippen LogP contribution in [0.2, 0.25) is 0 Å². The number of rotatable bonds is 0. The number of fused-ring (bicyclic) bond motifs is 4. The lowest BCUT2D eigenvalue weighted by atomic mass is 9.83. The molecule has 0 spiro atoms. The van der Waals surface area contributed by atoms with Crippen LogP contribution in [-0.2, 0) is 19.3 Å². The summed E-state index contributed by atoms with van der Waals surface area (Å²) in [4.78, 5) is 2.36. The van der Waals surface area contributed by atoms with E-state index in [1.54, 1.807) is 0 Å². The summed E-state index contributed by atoms with van der Waals surface area (Å²) in [5.74, 6) is 0. The fourth-order valence-corrected chi connectivity index (χ4v) is 4.15. The molecule has 1 heteroatoms. The van der Waals surface area contributed by atoms with E-state index in [2.05, 4.69) is 72.6 Å². The zero-order valence-electron chi connectivity index (χ0n) is 13.3. The molecular formula is C22H19N. The summed E-state index contributed by atoms with van der Waals surface area (Å²) >= 11 is 0. The Morgan fingerprint density at radius 1 is 0.565 bits per heavy atom. The van der Waals surface area contributed by atoms with Gasteiger partial charge in [-0.15, -0.1) is 0 Å². The van der Waals surface area contributed by atoms with Gasteiger partial charge in [-0.1, -0.05) is 48.5 Å². The summed E-state index contributed by atoms with van der Waals surface area (Å²) in [6.07, 6.45) is 3.18. The third-order valence-electron chi connectivity index (χ3n) is 5.38. The van der Waals surface area contributed by atoms with E-state index in [-0.39, 0.29) is 0 Å². The predicted molar refractivity (Wildman–Crippen MR) is 95.8 cm³/mol. The second-order valence-electron chi connectivity index (χ2n) is 6.74. The Morgan fingerprint density at radius 3 is 1.87 bits per heavy atom. The Balaban J connectivity index is 1.63. The third kappa shape index (κ3) is 1.93. The Hall–Kier alpha value is -2.54. The van der Waals surface area contributed by atoms with E-state index in [1.807, 2.05) is 0 Å². The molecule has 1 aliphatic carbocycles. The van der Waals surface area contributed by atoms with E-state index in [9.17, 15) is 0 Å². The average Bonchev–Trinajstić information content (AvgIpc) is 2.59. The summed E-state index contributed by atoms with van der Waals surface area (Å²) in [5, 5.41) is 0. The van der Waals surface area contributed by atoms with Crippen molar-refractivity contribution in [3.05, 3.63) is 94.0 Å². The largest absolute Gasteiger partial charge is 0.344 e. The molecule has 2 aliphatic rings. The predicted octanol–water partition coefficient (Wildman–Crippen LogP) is 4.85. The van der Waals surface area contributed by atoms with E-state index < -0.39 is 0 Å². The van der Waals surface area contributed by atoms with Crippen molar-refractivity contribution in [2.45, 2.75) is 19.3 Å². The summed E-state index contributed by atoms with van der Waals surface area (Å²) in [6.45, 7) is 0. The molecule has 0 aromatic heterocycles. The van der Waals surface area contributed by atoms with Crippen molar-refractivity contribution in [1.82, 2.24) is 0 Å². The lowest BCUT2D eigenvalue weighted by molar-refractivity contribution is 0.972. The number of nitrogens with zero attached hydrogens (tertiary/aromatic N) is 1. The van der Waals surface area contributed by atoms with Crippen LogP contribution in [0.4, 0.5) is 11.4 Å². The van der Waals surface area contributed by atoms with Crippen LogP contribution in [-0.4, -0.2) is 7.05 Å². The molecular weight excluding hydrogens is 278 g/mol. The van der Waals surface area contributed by atoms with Crippen LogP contribution in [0.1, 0.15) is 33.4 Å². The van der Waals surface area contributed by atoms with Crippen molar-refractivity contribution in [3.63, 3.8) is 0 Å². The number of anilines is 2. The molecule has 0 fully saturated rings. The molecule has 0 saturated heterocycles. The average molecular weight is 297 g/mol. The van der Waals surface area contributed by atoms with Crippen LogP contribution >= 0.6 is 0 Å². The van der Waals surface area contributed by atoms with E-state index in [4.69, 9.17) is 0 Å². The van der Waals surface area contributed by atoms with Gasteiger partial charge in [0.25, 0.3) is 0 Å². The van der Waals surface area contributed by atoms with Gasteiger partial charge in [-0.3, -0.25) is 0 Å². The first-order valence-electron chi connectivity index (χ1n) is 8.33. The van der Waals surface area contributed by atoms with Gasteiger partial charge in [0.1, 0.15) is 0 Å². The molecule has 1 aliphatic heterocycles. The number of para-hydroxylation sites is 1. The van der Waals surface area contributed by atoms with Crippen LogP contribution in [0.15, 0.2) is 60.7 Å². The van der Waals surface area contributed by atoms with Gasteiger partial charge in [-0.25, -0.2) is 0 Å². The van der Waals surface area contributed by atoms with Crippen molar-refractivity contribution in [2.24, 2.45) is 0 Å². The first kappa shape index (κ1) is 13.0. The second-order valence-corrected chi connectivity index (χ2v) is 6.74. The maximum absolute atomic E-state index is 2.45. The molecule has 3 aromatic rings. The number of benzene rings is 3. The minimum absolute atomic E-state index is 1.05. The molecule has 0 unspecified atom stereocenters. The molecule has 0 bridgehead atoms. The molecule has 0 saturated carbocycles. The van der Waals surface area contributed by atoms with Crippen LogP contribution in [0.25, 0.3) is 0 Å². The lowest BCUT2D eigenvalue weighted by Crippen LogP contribution is -2.20. The molecule has 0 atom stereocenters. The molecule has 3 aromatic carbocycles. The van der Waals surface area contributed by atoms with Crippen LogP contribution in [0.3, 0.4) is 0 Å². The van der Waals surface area contributed by atoms with Crippen molar-refractivity contribution >= 4 is 11.4 Å². The highest BCUT2D eigenvalue weighted by molar-refractivity contribution is 5.75. The van der Waals surface area contributed by atoms with Crippen molar-refractivity contribution in [3.8, 4) is 0 Å². The Bertz CT molecular complexity index is 923. The number of hydrogen-bond donors (Lipinski definition) is 0. The highest BCUT2D eigenvalue weighted by Gasteiger charge is 2.23. The van der Waals surface area contributed by atoms with Crippen LogP contribution < -0.4 is 4.90 Å². The van der Waals surface area contributed by atoms with Crippen molar-refractivity contribution in [1.29, 1.82) is 0 Å². The normalized spacial score (nSPS) is 14.6. The molecule has 0 radical (unpaired) electrons. The monoisotopic (exact) mass is 297 g/mol. The molecule has 0 N–H and O–H groups in total. The Morgan fingerprint density at radius 2 is 1.13 bits per heavy atom. The van der Waals surface area contributed by atoms with Gasteiger partial charge in [0.05, 0.1) is 0 Å². The SMILES string of the molecule is CN1c2ccccc2Cc2cc3c(cc21)Cc1ccccc1C3. The fraction of sp³-hybridized carbons (Fsp3) is 0.182. The van der Waals surface area contributed by atoms with Gasteiger partial charge in [-0.05, 0) is 58.4 Å². The van der Waals surface area contributed by atoms with Gasteiger partial charge in [0, 0.05) is 24.8 Å². The van der Waals surface area contributed by atoms with Gasteiger partial charge in [-0.2, -0.15) is 0 Å². The Kier molecular flexibility index (Phi) is 2.66. The first-order valence-corrected chi connectivity index (χ1v) is 8.33. The smallest absolute Gasteiger partial charge is 0.0447 e. The summed E-state index contributed by atoms with van der Waals surface area (Å²) in [7, 11) is 2.19. The molecule has 5 rings (SSSR count). The number of hydrogen-bond acceptors (Lipinski definition) is 1.